The topological polar surface area (TPSA) is 151 Å². The molecule has 0 bridgehead atoms. The summed E-state index contributed by atoms with van der Waals surface area (Å²) in [4.78, 5) is 51.9. The van der Waals surface area contributed by atoms with Crippen LogP contribution in [0, 0.1) is 0 Å². The molecule has 2 saturated heterocycles. The summed E-state index contributed by atoms with van der Waals surface area (Å²) in [6, 6.07) is 8.77. The number of imide groups is 1. The molecule has 2 fully saturated rings. The molecule has 3 aromatic heterocycles. The Hall–Kier alpha value is -4.69. The molecule has 6 rings (SSSR count). The van der Waals surface area contributed by atoms with E-state index in [0.717, 1.165) is 49.8 Å². The Balaban J connectivity index is 1.16. The van der Waals surface area contributed by atoms with Crippen molar-refractivity contribution < 1.29 is 37.1 Å². The van der Waals surface area contributed by atoms with Crippen molar-refractivity contribution in [2.75, 3.05) is 18.4 Å². The zero-order valence-electron chi connectivity index (χ0n) is 25.7. The zero-order chi connectivity index (χ0) is 33.5. The van der Waals surface area contributed by atoms with Gasteiger partial charge < -0.3 is 14.8 Å². The van der Waals surface area contributed by atoms with Crippen LogP contribution in [0.25, 0.3) is 11.1 Å². The quantitative estimate of drug-likeness (QED) is 0.235. The molecule has 1 atom stereocenters. The van der Waals surface area contributed by atoms with Crippen molar-refractivity contribution in [3.05, 3.63) is 82.8 Å². The van der Waals surface area contributed by atoms with Crippen LogP contribution in [0.5, 0.6) is 0 Å². The molecule has 2 aliphatic rings. The molecular weight excluding hydrogens is 617 g/mol. The second-order valence-electron chi connectivity index (χ2n) is 12.5. The van der Waals surface area contributed by atoms with Crippen molar-refractivity contribution in [2.24, 2.45) is 0 Å². The summed E-state index contributed by atoms with van der Waals surface area (Å²) in [5.74, 6) is -1.19. The fourth-order valence-electron chi connectivity index (χ4n) is 6.10. The van der Waals surface area contributed by atoms with Crippen LogP contribution in [0.3, 0.4) is 0 Å². The molecule has 1 aromatic carbocycles. The third-order valence-corrected chi connectivity index (χ3v) is 8.59. The zero-order valence-corrected chi connectivity index (χ0v) is 25.7. The van der Waals surface area contributed by atoms with Gasteiger partial charge in [-0.2, -0.15) is 13.2 Å². The van der Waals surface area contributed by atoms with E-state index in [1.807, 2.05) is 12.1 Å². The maximum Gasteiger partial charge on any atom is 0.433 e. The number of hydrogen-bond donors (Lipinski definition) is 3. The molecule has 0 aliphatic carbocycles. The summed E-state index contributed by atoms with van der Waals surface area (Å²) in [6.07, 6.45) is 0.103. The molecule has 2 aliphatic heterocycles. The Morgan fingerprint density at radius 3 is 2.53 bits per heavy atom. The first-order valence-corrected chi connectivity index (χ1v) is 15.3. The molecule has 0 saturated carbocycles. The smallest absolute Gasteiger partial charge is 0.433 e. The fourth-order valence-corrected chi connectivity index (χ4v) is 6.10. The Morgan fingerprint density at radius 1 is 1.11 bits per heavy atom. The molecule has 0 spiro atoms. The highest BCUT2D eigenvalue weighted by atomic mass is 19.4. The number of benzene rings is 1. The number of aliphatic hydroxyl groups is 1. The minimum absolute atomic E-state index is 0.0176. The molecule has 14 heteroatoms. The van der Waals surface area contributed by atoms with Gasteiger partial charge in [0.15, 0.2) is 11.5 Å². The number of rotatable bonds is 7. The third-order valence-electron chi connectivity index (χ3n) is 8.59. The summed E-state index contributed by atoms with van der Waals surface area (Å²) in [7, 11) is 0. The van der Waals surface area contributed by atoms with Gasteiger partial charge in [0.25, 0.3) is 5.91 Å². The number of pyridine rings is 2. The van der Waals surface area contributed by atoms with Gasteiger partial charge in [0.2, 0.25) is 11.8 Å². The van der Waals surface area contributed by atoms with Crippen molar-refractivity contribution in [1.29, 1.82) is 0 Å². The predicted molar refractivity (Wildman–Crippen MR) is 163 cm³/mol. The maximum atomic E-state index is 12.9. The van der Waals surface area contributed by atoms with Crippen LogP contribution < -0.4 is 10.6 Å². The lowest BCUT2D eigenvalue weighted by Crippen LogP contribution is -2.40. The second kappa shape index (κ2) is 12.5. The molecule has 1 unspecified atom stereocenters. The number of oxazole rings is 1. The van der Waals surface area contributed by atoms with Crippen LogP contribution in [-0.4, -0.2) is 55.8 Å². The number of aromatic nitrogens is 3. The highest BCUT2D eigenvalue weighted by molar-refractivity contribution is 6.05. The SMILES string of the molecule is CC(C)(O)c1cc2nc(C3CCN(Cc4cccnc4C4CCC(=O)NC4=O)CC3)oc2cc1NC(=O)c1ccc(C(F)(F)F)nc1. The van der Waals surface area contributed by atoms with E-state index in [9.17, 15) is 32.7 Å². The fraction of sp³-hybridized carbons (Fsp3) is 0.394. The molecule has 4 aromatic rings. The van der Waals surface area contributed by atoms with Gasteiger partial charge in [-0.15, -0.1) is 0 Å². The Labute approximate surface area is 267 Å². The highest BCUT2D eigenvalue weighted by Gasteiger charge is 2.34. The van der Waals surface area contributed by atoms with Crippen LogP contribution in [-0.2, 0) is 27.9 Å². The van der Waals surface area contributed by atoms with Gasteiger partial charge >= 0.3 is 6.18 Å². The van der Waals surface area contributed by atoms with Crippen molar-refractivity contribution in [2.45, 2.75) is 69.7 Å². The number of alkyl halides is 3. The van der Waals surface area contributed by atoms with Crippen LogP contribution in [0.2, 0.25) is 0 Å². The lowest BCUT2D eigenvalue weighted by Gasteiger charge is -2.31. The van der Waals surface area contributed by atoms with Crippen LogP contribution in [0.15, 0.2) is 53.2 Å². The van der Waals surface area contributed by atoms with E-state index < -0.39 is 29.3 Å². The third kappa shape index (κ3) is 7.03. The van der Waals surface area contributed by atoms with Crippen LogP contribution in [0.1, 0.15) is 90.1 Å². The summed E-state index contributed by atoms with van der Waals surface area (Å²) in [5.41, 5.74) is 0.535. The number of halogens is 3. The molecule has 0 radical (unpaired) electrons. The van der Waals surface area contributed by atoms with E-state index in [2.05, 4.69) is 25.5 Å². The highest BCUT2D eigenvalue weighted by Crippen LogP contribution is 2.36. The number of piperidine rings is 2. The molecule has 47 heavy (non-hydrogen) atoms. The van der Waals surface area contributed by atoms with E-state index in [1.165, 1.54) is 0 Å². The van der Waals surface area contributed by atoms with Gasteiger partial charge in [-0.05, 0) is 76.0 Å². The van der Waals surface area contributed by atoms with Crippen LogP contribution in [0.4, 0.5) is 18.9 Å². The monoisotopic (exact) mass is 650 g/mol. The summed E-state index contributed by atoms with van der Waals surface area (Å²) in [5, 5.41) is 16.0. The first kappa shape index (κ1) is 32.3. The van der Waals surface area contributed by atoms with Gasteiger partial charge in [0, 0.05) is 42.9 Å². The largest absolute Gasteiger partial charge is 0.440 e. The number of likely N-dealkylation sites (tertiary alicyclic amines) is 1. The second-order valence-corrected chi connectivity index (χ2v) is 12.5. The van der Waals surface area contributed by atoms with Crippen molar-refractivity contribution in [1.82, 2.24) is 25.2 Å². The van der Waals surface area contributed by atoms with E-state index in [1.54, 1.807) is 32.2 Å². The molecule has 5 heterocycles. The van der Waals surface area contributed by atoms with Crippen molar-refractivity contribution >= 4 is 34.5 Å². The molecule has 3 amide bonds. The normalized spacial score (nSPS) is 18.4. The van der Waals surface area contributed by atoms with E-state index >= 15 is 0 Å². The predicted octanol–water partition coefficient (Wildman–Crippen LogP) is 5.02. The Bertz CT molecular complexity index is 1830. The minimum Gasteiger partial charge on any atom is -0.440 e. The van der Waals surface area contributed by atoms with E-state index in [-0.39, 0.29) is 35.4 Å². The van der Waals surface area contributed by atoms with Crippen LogP contribution >= 0.6 is 0 Å². The number of hydrogen-bond acceptors (Lipinski definition) is 9. The number of carbonyl (C=O) groups is 3. The molecule has 3 N–H and O–H groups in total. The number of nitrogens with zero attached hydrogens (tertiary/aromatic N) is 4. The lowest BCUT2D eigenvalue weighted by atomic mass is 9.90. The number of nitrogens with one attached hydrogen (secondary N) is 2. The average Bonchev–Trinajstić information content (AvgIpc) is 3.44. The summed E-state index contributed by atoms with van der Waals surface area (Å²) >= 11 is 0. The van der Waals surface area contributed by atoms with Gasteiger partial charge in [0.05, 0.1) is 28.5 Å². The standard InChI is InChI=1S/C33H33F3N6O5/c1-32(2,46)22-14-24-25(15-23(22)39-29(44)19-5-7-26(38-16-19)33(34,35)36)47-31(40-24)18-9-12-42(13-10-18)17-20-4-3-11-37-28(20)21-6-8-27(43)41-30(21)45/h3-5,7,11,14-16,18,21,46H,6,8-10,12-13,17H2,1-2H3,(H,39,44)(H,41,43,45). The van der Waals surface area contributed by atoms with E-state index in [4.69, 9.17) is 9.40 Å². The van der Waals surface area contributed by atoms with E-state index in [0.29, 0.717) is 41.2 Å². The number of carbonyl (C=O) groups excluding carboxylic acids is 3. The van der Waals surface area contributed by atoms with Crippen molar-refractivity contribution in [3.63, 3.8) is 0 Å². The van der Waals surface area contributed by atoms with Gasteiger partial charge in [-0.3, -0.25) is 34.6 Å². The number of anilines is 1. The first-order valence-electron chi connectivity index (χ1n) is 15.3. The lowest BCUT2D eigenvalue weighted by molar-refractivity contribution is -0.141. The summed E-state index contributed by atoms with van der Waals surface area (Å²) in [6.45, 7) is 5.19. The van der Waals surface area contributed by atoms with Gasteiger partial charge in [-0.25, -0.2) is 4.98 Å². The maximum absolute atomic E-state index is 12.9. The number of amides is 3. The Kier molecular flexibility index (Phi) is 8.57. The summed E-state index contributed by atoms with van der Waals surface area (Å²) < 4.78 is 44.9. The molecule has 11 nitrogen and oxygen atoms in total. The van der Waals surface area contributed by atoms with Gasteiger partial charge in [0.1, 0.15) is 11.2 Å². The number of fused-ring (bicyclic) bond motifs is 1. The first-order chi connectivity index (χ1) is 22.3. The molecule has 246 valence electrons. The average molecular weight is 651 g/mol. The Morgan fingerprint density at radius 2 is 1.87 bits per heavy atom. The van der Waals surface area contributed by atoms with Crippen molar-refractivity contribution in [3.8, 4) is 0 Å². The minimum atomic E-state index is -4.63. The van der Waals surface area contributed by atoms with Gasteiger partial charge in [-0.1, -0.05) is 6.07 Å². The molecular formula is C33H33F3N6O5.